The molecule has 0 saturated carbocycles. The maximum Gasteiger partial charge on any atom is 0.320 e. The maximum absolute atomic E-state index is 13.1. The molecule has 3 rings (SSSR count). The zero-order valence-corrected chi connectivity index (χ0v) is 10.4. The van der Waals surface area contributed by atoms with Crippen LogP contribution in [0, 0.1) is 5.82 Å². The number of anilines is 2. The van der Waals surface area contributed by atoms with Crippen LogP contribution in [0.15, 0.2) is 52.7 Å². The van der Waals surface area contributed by atoms with Gasteiger partial charge in [-0.3, -0.25) is 0 Å². The van der Waals surface area contributed by atoms with Crippen LogP contribution in [-0.2, 0) is 0 Å². The fraction of sp³-hybridized carbons (Fsp3) is 0.143. The number of allylic oxidation sites excluding steroid dienone is 4. The molecular formula is C14H11F2N3O. The number of nitrogens with zero attached hydrogens (tertiary/aromatic N) is 2. The third-order valence-electron chi connectivity index (χ3n) is 2.88. The van der Waals surface area contributed by atoms with Gasteiger partial charge >= 0.3 is 6.01 Å². The molecule has 6 heteroatoms. The van der Waals surface area contributed by atoms with Gasteiger partial charge in [-0.25, -0.2) is 8.78 Å². The largest absolute Gasteiger partial charge is 0.407 e. The standard InChI is InChI=1S/C14H11F2N3O/c15-10-4-6-12(7-5-10)17-14-19-18-13(20-14)9-2-1-3-11(16)8-9/h1,3-9H,2H2,(H,17,19). The average Bonchev–Trinajstić information content (AvgIpc) is 2.90. The summed E-state index contributed by atoms with van der Waals surface area (Å²) in [5.74, 6) is -0.547. The number of aromatic nitrogens is 2. The number of halogens is 2. The van der Waals surface area contributed by atoms with E-state index < -0.39 is 0 Å². The Bertz CT molecular complexity index is 661. The molecular weight excluding hydrogens is 264 g/mol. The predicted molar refractivity (Wildman–Crippen MR) is 69.7 cm³/mol. The number of hydrogen-bond donors (Lipinski definition) is 1. The molecule has 0 saturated heterocycles. The highest BCUT2D eigenvalue weighted by Crippen LogP contribution is 2.28. The summed E-state index contributed by atoms with van der Waals surface area (Å²) in [5, 5.41) is 10.6. The third kappa shape index (κ3) is 2.74. The fourth-order valence-electron chi connectivity index (χ4n) is 1.91. The van der Waals surface area contributed by atoms with Crippen molar-refractivity contribution in [3.05, 3.63) is 60.0 Å². The molecule has 1 aliphatic rings. The lowest BCUT2D eigenvalue weighted by Gasteiger charge is -2.08. The van der Waals surface area contributed by atoms with Gasteiger partial charge in [0.1, 0.15) is 11.6 Å². The summed E-state index contributed by atoms with van der Waals surface area (Å²) in [7, 11) is 0. The van der Waals surface area contributed by atoms with Crippen molar-refractivity contribution in [1.29, 1.82) is 0 Å². The van der Waals surface area contributed by atoms with Crippen molar-refractivity contribution >= 4 is 11.7 Å². The van der Waals surface area contributed by atoms with E-state index in [-0.39, 0.29) is 23.6 Å². The van der Waals surface area contributed by atoms with E-state index in [0.717, 1.165) is 0 Å². The molecule has 20 heavy (non-hydrogen) atoms. The highest BCUT2D eigenvalue weighted by atomic mass is 19.1. The van der Waals surface area contributed by atoms with Gasteiger partial charge in [-0.1, -0.05) is 11.2 Å². The van der Waals surface area contributed by atoms with Crippen molar-refractivity contribution in [2.24, 2.45) is 0 Å². The molecule has 4 nitrogen and oxygen atoms in total. The lowest BCUT2D eigenvalue weighted by Crippen LogP contribution is -1.98. The summed E-state index contributed by atoms with van der Waals surface area (Å²) in [6.07, 6.45) is 5.18. The van der Waals surface area contributed by atoms with Crippen LogP contribution in [0.1, 0.15) is 18.2 Å². The fourth-order valence-corrected chi connectivity index (χ4v) is 1.91. The second-order valence-electron chi connectivity index (χ2n) is 4.37. The molecule has 0 aliphatic heterocycles. The second-order valence-corrected chi connectivity index (χ2v) is 4.37. The van der Waals surface area contributed by atoms with Crippen LogP contribution < -0.4 is 5.32 Å². The Labute approximate surface area is 113 Å². The van der Waals surface area contributed by atoms with Crippen molar-refractivity contribution in [1.82, 2.24) is 10.2 Å². The van der Waals surface area contributed by atoms with E-state index in [1.165, 1.54) is 24.3 Å². The topological polar surface area (TPSA) is 51.0 Å². The SMILES string of the molecule is FC1=CC(c2nnc(Nc3ccc(F)cc3)o2)CC=C1. The van der Waals surface area contributed by atoms with Crippen molar-refractivity contribution in [3.63, 3.8) is 0 Å². The summed E-state index contributed by atoms with van der Waals surface area (Å²) < 4.78 is 31.4. The first-order chi connectivity index (χ1) is 9.70. The first-order valence-electron chi connectivity index (χ1n) is 6.10. The smallest absolute Gasteiger partial charge is 0.320 e. The Morgan fingerprint density at radius 2 is 1.95 bits per heavy atom. The molecule has 102 valence electrons. The molecule has 0 amide bonds. The summed E-state index contributed by atoms with van der Waals surface area (Å²) in [6.45, 7) is 0. The zero-order chi connectivity index (χ0) is 13.9. The van der Waals surface area contributed by atoms with Gasteiger partial charge < -0.3 is 9.73 Å². The number of hydrogen-bond acceptors (Lipinski definition) is 4. The first-order valence-corrected chi connectivity index (χ1v) is 6.10. The van der Waals surface area contributed by atoms with Crippen LogP contribution in [-0.4, -0.2) is 10.2 Å². The van der Waals surface area contributed by atoms with E-state index in [4.69, 9.17) is 4.42 Å². The summed E-state index contributed by atoms with van der Waals surface area (Å²) >= 11 is 0. The van der Waals surface area contributed by atoms with Crippen LogP contribution in [0.3, 0.4) is 0 Å². The molecule has 0 radical (unpaired) electrons. The van der Waals surface area contributed by atoms with Gasteiger partial charge in [-0.05, 0) is 42.8 Å². The quantitative estimate of drug-likeness (QED) is 0.924. The number of nitrogens with one attached hydrogen (secondary N) is 1. The Kier molecular flexibility index (Phi) is 3.28. The van der Waals surface area contributed by atoms with Gasteiger partial charge in [0.25, 0.3) is 0 Å². The average molecular weight is 275 g/mol. The number of benzene rings is 1. The second kappa shape index (κ2) is 5.24. The van der Waals surface area contributed by atoms with Crippen LogP contribution in [0.5, 0.6) is 0 Å². The zero-order valence-electron chi connectivity index (χ0n) is 10.4. The Balaban J connectivity index is 1.74. The molecule has 1 unspecified atom stereocenters. The van der Waals surface area contributed by atoms with E-state index in [9.17, 15) is 8.78 Å². The molecule has 1 N–H and O–H groups in total. The molecule has 1 heterocycles. The molecule has 1 aromatic heterocycles. The van der Waals surface area contributed by atoms with E-state index in [1.807, 2.05) is 0 Å². The van der Waals surface area contributed by atoms with Crippen LogP contribution >= 0.6 is 0 Å². The van der Waals surface area contributed by atoms with Crippen LogP contribution in [0.25, 0.3) is 0 Å². The third-order valence-corrected chi connectivity index (χ3v) is 2.88. The Morgan fingerprint density at radius 1 is 1.15 bits per heavy atom. The minimum absolute atomic E-state index is 0.190. The summed E-state index contributed by atoms with van der Waals surface area (Å²) in [6, 6.07) is 5.95. The lowest BCUT2D eigenvalue weighted by atomic mass is 10.0. The van der Waals surface area contributed by atoms with Crippen LogP contribution in [0.4, 0.5) is 20.5 Å². The predicted octanol–water partition coefficient (Wildman–Crippen LogP) is 3.85. The molecule has 0 fully saturated rings. The maximum atomic E-state index is 13.1. The highest BCUT2D eigenvalue weighted by molar-refractivity contribution is 5.51. The molecule has 2 aromatic rings. The number of rotatable bonds is 3. The Morgan fingerprint density at radius 3 is 2.70 bits per heavy atom. The lowest BCUT2D eigenvalue weighted by molar-refractivity contribution is 0.480. The molecule has 1 aliphatic carbocycles. The van der Waals surface area contributed by atoms with Crippen molar-refractivity contribution in [2.45, 2.75) is 12.3 Å². The minimum atomic E-state index is -0.323. The van der Waals surface area contributed by atoms with E-state index in [0.29, 0.717) is 18.0 Å². The van der Waals surface area contributed by atoms with E-state index >= 15 is 0 Å². The van der Waals surface area contributed by atoms with Gasteiger partial charge in [-0.2, -0.15) is 0 Å². The van der Waals surface area contributed by atoms with Gasteiger partial charge in [0, 0.05) is 5.69 Å². The van der Waals surface area contributed by atoms with Gasteiger partial charge in [0.15, 0.2) is 0 Å². The van der Waals surface area contributed by atoms with Crippen LogP contribution in [0.2, 0.25) is 0 Å². The molecule has 1 atom stereocenters. The van der Waals surface area contributed by atoms with E-state index in [2.05, 4.69) is 15.5 Å². The summed E-state index contributed by atoms with van der Waals surface area (Å²) in [5.41, 5.74) is 0.631. The van der Waals surface area contributed by atoms with Gasteiger partial charge in [-0.15, -0.1) is 5.10 Å². The normalized spacial score (nSPS) is 17.9. The van der Waals surface area contributed by atoms with Crippen molar-refractivity contribution in [2.75, 3.05) is 5.32 Å². The summed E-state index contributed by atoms with van der Waals surface area (Å²) in [4.78, 5) is 0. The van der Waals surface area contributed by atoms with Crippen molar-refractivity contribution in [3.8, 4) is 0 Å². The first kappa shape index (κ1) is 12.5. The molecule has 1 aromatic carbocycles. The van der Waals surface area contributed by atoms with Gasteiger partial charge in [0.2, 0.25) is 5.89 Å². The monoisotopic (exact) mass is 275 g/mol. The minimum Gasteiger partial charge on any atom is -0.407 e. The van der Waals surface area contributed by atoms with Crippen molar-refractivity contribution < 1.29 is 13.2 Å². The molecule has 0 bridgehead atoms. The highest BCUT2D eigenvalue weighted by Gasteiger charge is 2.18. The van der Waals surface area contributed by atoms with E-state index in [1.54, 1.807) is 18.2 Å². The molecule has 0 spiro atoms. The van der Waals surface area contributed by atoms with Gasteiger partial charge in [0.05, 0.1) is 5.92 Å². The Hall–Kier alpha value is -2.50.